The average molecular weight is 433 g/mol. The van der Waals surface area contributed by atoms with Crippen LogP contribution in [0.4, 0.5) is 0 Å². The van der Waals surface area contributed by atoms with Crippen LogP contribution in [0.1, 0.15) is 37.3 Å². The molecule has 2 aliphatic rings. The van der Waals surface area contributed by atoms with Crippen molar-refractivity contribution in [2.45, 2.75) is 31.9 Å². The van der Waals surface area contributed by atoms with Crippen LogP contribution in [0.25, 0.3) is 17.0 Å². The number of allylic oxidation sites excluding steroid dienone is 1. The molecule has 5 rings (SSSR count). The van der Waals surface area contributed by atoms with E-state index < -0.39 is 0 Å². The Hall–Kier alpha value is -3.03. The fourth-order valence-corrected chi connectivity index (χ4v) is 4.53. The minimum absolute atomic E-state index is 0.168. The zero-order chi connectivity index (χ0) is 21.2. The molecule has 0 bridgehead atoms. The van der Waals surface area contributed by atoms with E-state index in [1.807, 2.05) is 48.5 Å². The first-order valence-corrected chi connectivity index (χ1v) is 11.0. The van der Waals surface area contributed by atoms with Crippen LogP contribution in [-0.2, 0) is 4.74 Å². The normalized spacial score (nSPS) is 21.5. The molecule has 2 aromatic carbocycles. The lowest BCUT2D eigenvalue weighted by Crippen LogP contribution is -2.48. The Balaban J connectivity index is 1.57. The molecule has 1 fully saturated rings. The Morgan fingerprint density at radius 3 is 2.55 bits per heavy atom. The predicted molar refractivity (Wildman–Crippen MR) is 123 cm³/mol. The molecule has 7 heteroatoms. The number of thiocarbonyl (C=S) groups is 1. The van der Waals surface area contributed by atoms with Gasteiger partial charge in [-0.05, 0) is 37.5 Å². The SMILES string of the molecule is CC1=C(c2nc(-c3ccccc3)no2)C(c2ccccc2)NC(=S)N1CC1CCCO1. The maximum atomic E-state index is 5.86. The molecule has 31 heavy (non-hydrogen) atoms. The van der Waals surface area contributed by atoms with E-state index in [1.54, 1.807) is 0 Å². The number of nitrogens with one attached hydrogen (secondary N) is 1. The van der Waals surface area contributed by atoms with Gasteiger partial charge in [0.15, 0.2) is 5.11 Å². The van der Waals surface area contributed by atoms with Gasteiger partial charge in [0.2, 0.25) is 5.82 Å². The topological polar surface area (TPSA) is 63.4 Å². The molecule has 0 saturated carbocycles. The third kappa shape index (κ3) is 3.98. The summed E-state index contributed by atoms with van der Waals surface area (Å²) in [5.74, 6) is 1.07. The van der Waals surface area contributed by atoms with Gasteiger partial charge in [0.25, 0.3) is 5.89 Å². The first-order chi connectivity index (χ1) is 15.2. The Labute approximate surface area is 186 Å². The minimum Gasteiger partial charge on any atom is -0.376 e. The first kappa shape index (κ1) is 19.9. The Kier molecular flexibility index (Phi) is 5.53. The van der Waals surface area contributed by atoms with Gasteiger partial charge in [0, 0.05) is 17.9 Å². The summed E-state index contributed by atoms with van der Waals surface area (Å²) in [6, 6.07) is 19.9. The number of nitrogens with zero attached hydrogens (tertiary/aromatic N) is 3. The maximum absolute atomic E-state index is 5.86. The van der Waals surface area contributed by atoms with Crippen LogP contribution in [0, 0.1) is 0 Å². The highest BCUT2D eigenvalue weighted by Gasteiger charge is 2.35. The van der Waals surface area contributed by atoms with E-state index in [2.05, 4.69) is 34.4 Å². The molecular weight excluding hydrogens is 408 g/mol. The summed E-state index contributed by atoms with van der Waals surface area (Å²) in [6.07, 6.45) is 2.31. The van der Waals surface area contributed by atoms with Crippen LogP contribution in [0.15, 0.2) is 70.9 Å². The third-order valence-corrected chi connectivity index (χ3v) is 6.17. The molecule has 2 aliphatic heterocycles. The van der Waals surface area contributed by atoms with Gasteiger partial charge in [0.05, 0.1) is 24.3 Å². The number of hydrogen-bond acceptors (Lipinski definition) is 5. The smallest absolute Gasteiger partial charge is 0.258 e. The van der Waals surface area contributed by atoms with Crippen molar-refractivity contribution in [3.63, 3.8) is 0 Å². The molecule has 6 nitrogen and oxygen atoms in total. The zero-order valence-corrected chi connectivity index (χ0v) is 18.1. The second kappa shape index (κ2) is 8.61. The van der Waals surface area contributed by atoms with E-state index in [1.165, 1.54) is 0 Å². The summed E-state index contributed by atoms with van der Waals surface area (Å²) in [7, 11) is 0. The van der Waals surface area contributed by atoms with Gasteiger partial charge < -0.3 is 19.5 Å². The summed E-state index contributed by atoms with van der Waals surface area (Å²) in [6.45, 7) is 3.59. The lowest BCUT2D eigenvalue weighted by atomic mass is 9.94. The van der Waals surface area contributed by atoms with E-state index in [-0.39, 0.29) is 12.1 Å². The van der Waals surface area contributed by atoms with E-state index in [9.17, 15) is 0 Å². The van der Waals surface area contributed by atoms with E-state index in [4.69, 9.17) is 26.5 Å². The van der Waals surface area contributed by atoms with Crippen molar-refractivity contribution in [1.82, 2.24) is 20.4 Å². The van der Waals surface area contributed by atoms with E-state index in [0.29, 0.717) is 23.4 Å². The van der Waals surface area contributed by atoms with Crippen molar-refractivity contribution in [2.24, 2.45) is 0 Å². The second-order valence-corrected chi connectivity index (χ2v) is 8.21. The van der Waals surface area contributed by atoms with Crippen molar-refractivity contribution in [3.05, 3.63) is 77.8 Å². The lowest BCUT2D eigenvalue weighted by molar-refractivity contribution is 0.0962. The number of hydrogen-bond donors (Lipinski definition) is 1. The van der Waals surface area contributed by atoms with Gasteiger partial charge in [-0.3, -0.25) is 0 Å². The molecule has 0 aliphatic carbocycles. The molecule has 3 heterocycles. The molecule has 0 spiro atoms. The van der Waals surface area contributed by atoms with Crippen LogP contribution in [0.3, 0.4) is 0 Å². The monoisotopic (exact) mass is 432 g/mol. The standard InChI is InChI=1S/C24H24N4O2S/c1-16-20(23-26-22(27-30-23)18-11-6-3-7-12-18)21(17-9-4-2-5-10-17)25-24(31)28(16)15-19-13-8-14-29-19/h2-7,9-12,19,21H,8,13-15H2,1H3,(H,25,31). The largest absolute Gasteiger partial charge is 0.376 e. The minimum atomic E-state index is -0.168. The van der Waals surface area contributed by atoms with Gasteiger partial charge in [-0.15, -0.1) is 0 Å². The van der Waals surface area contributed by atoms with Crippen LogP contribution >= 0.6 is 12.2 Å². The number of rotatable bonds is 5. The van der Waals surface area contributed by atoms with Crippen molar-refractivity contribution < 1.29 is 9.26 Å². The molecule has 1 saturated heterocycles. The van der Waals surface area contributed by atoms with Crippen LogP contribution in [-0.4, -0.2) is 39.4 Å². The molecular formula is C24H24N4O2S. The van der Waals surface area contributed by atoms with Crippen LogP contribution in [0.5, 0.6) is 0 Å². The van der Waals surface area contributed by atoms with Crippen molar-refractivity contribution >= 4 is 22.9 Å². The molecule has 1 aromatic heterocycles. The first-order valence-electron chi connectivity index (χ1n) is 10.6. The molecule has 1 N–H and O–H groups in total. The number of ether oxygens (including phenoxy) is 1. The summed E-state index contributed by atoms with van der Waals surface area (Å²) in [5, 5.41) is 8.44. The average Bonchev–Trinajstić information content (AvgIpc) is 3.50. The Bertz CT molecular complexity index is 1090. The highest BCUT2D eigenvalue weighted by atomic mass is 32.1. The zero-order valence-electron chi connectivity index (χ0n) is 17.3. The highest BCUT2D eigenvalue weighted by molar-refractivity contribution is 7.80. The van der Waals surface area contributed by atoms with Gasteiger partial charge in [-0.25, -0.2) is 0 Å². The Morgan fingerprint density at radius 1 is 1.10 bits per heavy atom. The molecule has 3 aromatic rings. The second-order valence-electron chi connectivity index (χ2n) is 7.83. The van der Waals surface area contributed by atoms with E-state index in [0.717, 1.165) is 41.8 Å². The van der Waals surface area contributed by atoms with Gasteiger partial charge in [-0.1, -0.05) is 65.8 Å². The maximum Gasteiger partial charge on any atom is 0.258 e. The molecule has 2 atom stereocenters. The highest BCUT2D eigenvalue weighted by Crippen LogP contribution is 2.37. The van der Waals surface area contributed by atoms with Crippen LogP contribution in [0.2, 0.25) is 0 Å². The lowest BCUT2D eigenvalue weighted by Gasteiger charge is -2.38. The molecule has 2 unspecified atom stereocenters. The molecule has 158 valence electrons. The summed E-state index contributed by atoms with van der Waals surface area (Å²) < 4.78 is 11.6. The fraction of sp³-hybridized carbons (Fsp3) is 0.292. The summed E-state index contributed by atoms with van der Waals surface area (Å²) in [5.41, 5.74) is 3.96. The van der Waals surface area contributed by atoms with Gasteiger partial charge in [-0.2, -0.15) is 4.98 Å². The predicted octanol–water partition coefficient (Wildman–Crippen LogP) is 4.58. The van der Waals surface area contributed by atoms with Crippen LogP contribution < -0.4 is 5.32 Å². The molecule has 0 radical (unpaired) electrons. The van der Waals surface area contributed by atoms with E-state index >= 15 is 0 Å². The summed E-state index contributed by atoms with van der Waals surface area (Å²) >= 11 is 5.76. The quantitative estimate of drug-likeness (QED) is 0.592. The van der Waals surface area contributed by atoms with Crippen molar-refractivity contribution in [3.8, 4) is 11.4 Å². The van der Waals surface area contributed by atoms with Crippen molar-refractivity contribution in [2.75, 3.05) is 13.2 Å². The number of benzene rings is 2. The Morgan fingerprint density at radius 2 is 1.84 bits per heavy atom. The molecule has 0 amide bonds. The fourth-order valence-electron chi connectivity index (χ4n) is 4.20. The number of aromatic nitrogens is 2. The van der Waals surface area contributed by atoms with Gasteiger partial charge >= 0.3 is 0 Å². The van der Waals surface area contributed by atoms with Crippen molar-refractivity contribution in [1.29, 1.82) is 0 Å². The van der Waals surface area contributed by atoms with Gasteiger partial charge in [0.1, 0.15) is 0 Å². The summed E-state index contributed by atoms with van der Waals surface area (Å²) in [4.78, 5) is 6.85. The third-order valence-electron chi connectivity index (χ3n) is 5.83.